The lowest BCUT2D eigenvalue weighted by atomic mass is 10.3. The number of ether oxygens (including phenoxy) is 1. The number of carbonyl (C=O) groups is 1. The van der Waals surface area contributed by atoms with Gasteiger partial charge in [0.15, 0.2) is 0 Å². The Morgan fingerprint density at radius 2 is 2.00 bits per heavy atom. The molecule has 2 heterocycles. The van der Waals surface area contributed by atoms with Crippen molar-refractivity contribution in [1.29, 1.82) is 0 Å². The molecule has 1 N–H and O–H groups in total. The first-order chi connectivity index (χ1) is 10.8. The fourth-order valence-corrected chi connectivity index (χ4v) is 2.21. The highest BCUT2D eigenvalue weighted by Crippen LogP contribution is 2.02. The summed E-state index contributed by atoms with van der Waals surface area (Å²) < 4.78 is 5.28. The number of para-hydroxylation sites is 1. The van der Waals surface area contributed by atoms with E-state index in [1.54, 1.807) is 0 Å². The smallest absolute Gasteiger partial charge is 0.292 e. The van der Waals surface area contributed by atoms with Crippen molar-refractivity contribution in [3.63, 3.8) is 0 Å². The van der Waals surface area contributed by atoms with Gasteiger partial charge in [-0.25, -0.2) is 0 Å². The SMILES string of the molecule is O=C(NCCN1CCOCC1)c1nnn(-c2ccccc2)n1. The highest BCUT2D eigenvalue weighted by molar-refractivity contribution is 5.90. The fourth-order valence-electron chi connectivity index (χ4n) is 2.21. The van der Waals surface area contributed by atoms with Crippen LogP contribution in [0, 0.1) is 0 Å². The zero-order valence-electron chi connectivity index (χ0n) is 12.2. The molecule has 1 fully saturated rings. The van der Waals surface area contributed by atoms with Crippen molar-refractivity contribution < 1.29 is 9.53 Å². The molecule has 8 nitrogen and oxygen atoms in total. The second kappa shape index (κ2) is 7.10. The van der Waals surface area contributed by atoms with Gasteiger partial charge in [-0.15, -0.1) is 15.0 Å². The summed E-state index contributed by atoms with van der Waals surface area (Å²) in [7, 11) is 0. The predicted octanol–water partition coefficient (Wildman–Crippen LogP) is -0.276. The molecule has 1 saturated heterocycles. The molecule has 22 heavy (non-hydrogen) atoms. The van der Waals surface area contributed by atoms with Gasteiger partial charge in [0.2, 0.25) is 0 Å². The molecular formula is C14H18N6O2. The molecule has 2 aromatic rings. The number of aromatic nitrogens is 4. The molecule has 0 bridgehead atoms. The van der Waals surface area contributed by atoms with Crippen LogP contribution in [0.3, 0.4) is 0 Å². The quantitative estimate of drug-likeness (QED) is 0.818. The van der Waals surface area contributed by atoms with Crippen LogP contribution in [0.2, 0.25) is 0 Å². The molecule has 1 aromatic carbocycles. The van der Waals surface area contributed by atoms with E-state index in [1.807, 2.05) is 30.3 Å². The molecule has 0 unspecified atom stereocenters. The van der Waals surface area contributed by atoms with E-state index in [1.165, 1.54) is 4.80 Å². The number of nitrogens with zero attached hydrogens (tertiary/aromatic N) is 5. The lowest BCUT2D eigenvalue weighted by Crippen LogP contribution is -2.41. The van der Waals surface area contributed by atoms with E-state index in [9.17, 15) is 4.79 Å². The van der Waals surface area contributed by atoms with Crippen molar-refractivity contribution in [3.8, 4) is 5.69 Å². The van der Waals surface area contributed by atoms with Crippen LogP contribution in [0.25, 0.3) is 5.69 Å². The second-order valence-corrected chi connectivity index (χ2v) is 4.95. The molecule has 3 rings (SSSR count). The van der Waals surface area contributed by atoms with Crippen LogP contribution < -0.4 is 5.32 Å². The maximum Gasteiger partial charge on any atom is 0.292 e. The van der Waals surface area contributed by atoms with Gasteiger partial charge in [0.1, 0.15) is 0 Å². The highest BCUT2D eigenvalue weighted by Gasteiger charge is 2.14. The zero-order valence-corrected chi connectivity index (χ0v) is 12.2. The van der Waals surface area contributed by atoms with Gasteiger partial charge >= 0.3 is 0 Å². The third-order valence-electron chi connectivity index (χ3n) is 3.42. The molecule has 1 amide bonds. The summed E-state index contributed by atoms with van der Waals surface area (Å²) in [4.78, 5) is 15.6. The van der Waals surface area contributed by atoms with E-state index < -0.39 is 0 Å². The van der Waals surface area contributed by atoms with Gasteiger partial charge in [0, 0.05) is 26.2 Å². The molecule has 0 radical (unpaired) electrons. The zero-order chi connectivity index (χ0) is 15.2. The lowest BCUT2D eigenvalue weighted by molar-refractivity contribution is 0.0383. The van der Waals surface area contributed by atoms with Gasteiger partial charge in [0.25, 0.3) is 11.7 Å². The highest BCUT2D eigenvalue weighted by atomic mass is 16.5. The minimum Gasteiger partial charge on any atom is -0.379 e. The van der Waals surface area contributed by atoms with Crippen molar-refractivity contribution in [2.45, 2.75) is 0 Å². The number of amides is 1. The Morgan fingerprint density at radius 3 is 2.77 bits per heavy atom. The summed E-state index contributed by atoms with van der Waals surface area (Å²) >= 11 is 0. The van der Waals surface area contributed by atoms with Crippen LogP contribution >= 0.6 is 0 Å². The number of hydrogen-bond donors (Lipinski definition) is 1. The van der Waals surface area contributed by atoms with E-state index >= 15 is 0 Å². The number of benzene rings is 1. The summed E-state index contributed by atoms with van der Waals surface area (Å²) in [5, 5.41) is 14.6. The van der Waals surface area contributed by atoms with Gasteiger partial charge in [0.05, 0.1) is 18.9 Å². The van der Waals surface area contributed by atoms with Gasteiger partial charge in [-0.3, -0.25) is 9.69 Å². The number of tetrazole rings is 1. The molecule has 1 aromatic heterocycles. The average Bonchev–Trinajstić information content (AvgIpc) is 3.07. The molecular weight excluding hydrogens is 284 g/mol. The summed E-state index contributed by atoms with van der Waals surface area (Å²) in [6.07, 6.45) is 0. The second-order valence-electron chi connectivity index (χ2n) is 4.95. The summed E-state index contributed by atoms with van der Waals surface area (Å²) in [6.45, 7) is 4.65. The maximum atomic E-state index is 12.0. The van der Waals surface area contributed by atoms with Gasteiger partial charge in [-0.1, -0.05) is 18.2 Å². The van der Waals surface area contributed by atoms with Crippen molar-refractivity contribution in [2.75, 3.05) is 39.4 Å². The molecule has 1 aliphatic rings. The number of carbonyl (C=O) groups excluding carboxylic acids is 1. The summed E-state index contributed by atoms with van der Waals surface area (Å²) in [5.74, 6) is -0.235. The van der Waals surface area contributed by atoms with Gasteiger partial charge in [-0.2, -0.15) is 0 Å². The minimum atomic E-state index is -0.310. The fraction of sp³-hybridized carbons (Fsp3) is 0.429. The van der Waals surface area contributed by atoms with Crippen LogP contribution in [0.15, 0.2) is 30.3 Å². The number of rotatable bonds is 5. The summed E-state index contributed by atoms with van der Waals surface area (Å²) in [6, 6.07) is 9.35. The lowest BCUT2D eigenvalue weighted by Gasteiger charge is -2.26. The van der Waals surface area contributed by atoms with E-state index in [4.69, 9.17) is 4.74 Å². The van der Waals surface area contributed by atoms with E-state index in [0.717, 1.165) is 38.5 Å². The van der Waals surface area contributed by atoms with Crippen LogP contribution in [0.1, 0.15) is 10.6 Å². The third-order valence-corrected chi connectivity index (χ3v) is 3.42. The van der Waals surface area contributed by atoms with Crippen LogP contribution in [-0.2, 0) is 4.74 Å². The number of hydrogen-bond acceptors (Lipinski definition) is 6. The minimum absolute atomic E-state index is 0.0748. The van der Waals surface area contributed by atoms with Crippen molar-refractivity contribution in [2.24, 2.45) is 0 Å². The van der Waals surface area contributed by atoms with Crippen molar-refractivity contribution in [3.05, 3.63) is 36.2 Å². The standard InChI is InChI=1S/C14H18N6O2/c21-14(15-6-7-19-8-10-22-11-9-19)13-16-18-20(17-13)12-4-2-1-3-5-12/h1-5H,6-11H2,(H,15,21). The Hall–Kier alpha value is -2.32. The molecule has 1 aliphatic heterocycles. The van der Waals surface area contributed by atoms with Crippen LogP contribution in [0.4, 0.5) is 0 Å². The molecule has 0 aliphatic carbocycles. The first-order valence-corrected chi connectivity index (χ1v) is 7.27. The first kappa shape index (κ1) is 14.6. The Labute approximate surface area is 128 Å². The van der Waals surface area contributed by atoms with E-state index in [0.29, 0.717) is 6.54 Å². The summed E-state index contributed by atoms with van der Waals surface area (Å²) in [5.41, 5.74) is 0.766. The molecule has 0 spiro atoms. The topological polar surface area (TPSA) is 85.2 Å². The Kier molecular flexibility index (Phi) is 4.71. The monoisotopic (exact) mass is 302 g/mol. The largest absolute Gasteiger partial charge is 0.379 e. The Bertz CT molecular complexity index is 609. The molecule has 116 valence electrons. The van der Waals surface area contributed by atoms with Gasteiger partial charge < -0.3 is 10.1 Å². The Balaban J connectivity index is 1.51. The van der Waals surface area contributed by atoms with E-state index in [-0.39, 0.29) is 11.7 Å². The van der Waals surface area contributed by atoms with Crippen LogP contribution in [0.5, 0.6) is 0 Å². The molecule has 8 heteroatoms. The van der Waals surface area contributed by atoms with Crippen molar-refractivity contribution in [1.82, 2.24) is 30.4 Å². The Morgan fingerprint density at radius 1 is 1.23 bits per heavy atom. The molecule has 0 atom stereocenters. The van der Waals surface area contributed by atoms with Gasteiger partial charge in [-0.05, 0) is 17.3 Å². The molecule has 0 saturated carbocycles. The number of morpholine rings is 1. The number of nitrogens with one attached hydrogen (secondary N) is 1. The van der Waals surface area contributed by atoms with E-state index in [2.05, 4.69) is 25.6 Å². The maximum absolute atomic E-state index is 12.0. The predicted molar refractivity (Wildman–Crippen MR) is 78.7 cm³/mol. The average molecular weight is 302 g/mol. The van der Waals surface area contributed by atoms with Crippen LogP contribution in [-0.4, -0.2) is 70.4 Å². The third kappa shape index (κ3) is 3.66. The van der Waals surface area contributed by atoms with Crippen molar-refractivity contribution >= 4 is 5.91 Å². The normalized spacial score (nSPS) is 15.6. The first-order valence-electron chi connectivity index (χ1n) is 7.27.